The standard InChI is InChI=1S/C15H20N6O/c1-20-10-12(9-19-20)14-11(4-5-13(22)21(14)2)8-18-15-16-6-3-7-17-15/h3,6-7,9-11,14H,4-5,8H2,1-2H3,(H,16,17,18)/t11-,14+/m1/s1. The summed E-state index contributed by atoms with van der Waals surface area (Å²) < 4.78 is 1.77. The summed E-state index contributed by atoms with van der Waals surface area (Å²) in [5.74, 6) is 1.10. The average Bonchev–Trinajstić information content (AvgIpc) is 2.95. The van der Waals surface area contributed by atoms with Crippen LogP contribution in [0.25, 0.3) is 0 Å². The van der Waals surface area contributed by atoms with Crippen LogP contribution in [-0.2, 0) is 11.8 Å². The maximum atomic E-state index is 12.1. The molecule has 0 aromatic carbocycles. The predicted octanol–water partition coefficient (Wildman–Crippen LogP) is 1.23. The van der Waals surface area contributed by atoms with Gasteiger partial charge in [0.2, 0.25) is 11.9 Å². The average molecular weight is 300 g/mol. The summed E-state index contributed by atoms with van der Waals surface area (Å²) in [6, 6.07) is 1.82. The monoisotopic (exact) mass is 300 g/mol. The second kappa shape index (κ2) is 6.13. The van der Waals surface area contributed by atoms with Gasteiger partial charge in [0.15, 0.2) is 0 Å². The van der Waals surface area contributed by atoms with Crippen LogP contribution in [0.5, 0.6) is 0 Å². The fraction of sp³-hybridized carbons (Fsp3) is 0.467. The fourth-order valence-corrected chi connectivity index (χ4v) is 3.03. The molecule has 2 aromatic heterocycles. The Labute approximate surface area is 129 Å². The molecule has 3 rings (SSSR count). The van der Waals surface area contributed by atoms with E-state index in [1.54, 1.807) is 23.1 Å². The Bertz CT molecular complexity index is 640. The van der Waals surface area contributed by atoms with Gasteiger partial charge in [0.25, 0.3) is 0 Å². The van der Waals surface area contributed by atoms with E-state index in [0.29, 0.717) is 18.3 Å². The van der Waals surface area contributed by atoms with Gasteiger partial charge in [0.05, 0.1) is 12.2 Å². The minimum Gasteiger partial charge on any atom is -0.354 e. The van der Waals surface area contributed by atoms with Gasteiger partial charge in [-0.15, -0.1) is 0 Å². The number of aryl methyl sites for hydroxylation is 1. The van der Waals surface area contributed by atoms with Crippen molar-refractivity contribution in [2.75, 3.05) is 18.9 Å². The third kappa shape index (κ3) is 2.93. The van der Waals surface area contributed by atoms with Gasteiger partial charge in [-0.2, -0.15) is 5.10 Å². The van der Waals surface area contributed by atoms with Crippen LogP contribution >= 0.6 is 0 Å². The molecule has 3 heterocycles. The molecule has 0 bridgehead atoms. The van der Waals surface area contributed by atoms with Crippen molar-refractivity contribution in [1.29, 1.82) is 0 Å². The van der Waals surface area contributed by atoms with Gasteiger partial charge in [0, 0.05) is 57.1 Å². The number of anilines is 1. The molecular formula is C15H20N6O. The summed E-state index contributed by atoms with van der Waals surface area (Å²) in [4.78, 5) is 22.2. The number of likely N-dealkylation sites (tertiary alicyclic amines) is 1. The molecule has 116 valence electrons. The Morgan fingerprint density at radius 2 is 2.09 bits per heavy atom. The topological polar surface area (TPSA) is 75.9 Å². The molecule has 0 saturated carbocycles. The van der Waals surface area contributed by atoms with Crippen molar-refractivity contribution in [3.05, 3.63) is 36.4 Å². The quantitative estimate of drug-likeness (QED) is 0.919. The van der Waals surface area contributed by atoms with Gasteiger partial charge < -0.3 is 10.2 Å². The molecular weight excluding hydrogens is 280 g/mol. The number of amides is 1. The Hall–Kier alpha value is -2.44. The zero-order valence-corrected chi connectivity index (χ0v) is 12.8. The summed E-state index contributed by atoms with van der Waals surface area (Å²) in [6.45, 7) is 0.723. The molecule has 1 aliphatic rings. The first kappa shape index (κ1) is 14.5. The van der Waals surface area contributed by atoms with Crippen molar-refractivity contribution in [3.8, 4) is 0 Å². The van der Waals surface area contributed by atoms with Gasteiger partial charge >= 0.3 is 0 Å². The van der Waals surface area contributed by atoms with Gasteiger partial charge in [0.1, 0.15) is 0 Å². The molecule has 7 heteroatoms. The van der Waals surface area contributed by atoms with E-state index in [-0.39, 0.29) is 11.9 Å². The van der Waals surface area contributed by atoms with Crippen molar-refractivity contribution in [1.82, 2.24) is 24.6 Å². The molecule has 1 amide bonds. The largest absolute Gasteiger partial charge is 0.354 e. The Balaban J connectivity index is 1.76. The maximum Gasteiger partial charge on any atom is 0.222 e. The van der Waals surface area contributed by atoms with Crippen LogP contribution in [0.4, 0.5) is 5.95 Å². The summed E-state index contributed by atoms with van der Waals surface area (Å²) in [5.41, 5.74) is 1.07. The van der Waals surface area contributed by atoms with E-state index in [4.69, 9.17) is 0 Å². The van der Waals surface area contributed by atoms with Crippen LogP contribution in [0.3, 0.4) is 0 Å². The van der Waals surface area contributed by atoms with Gasteiger partial charge in [-0.3, -0.25) is 9.48 Å². The molecule has 1 saturated heterocycles. The molecule has 1 fully saturated rings. The van der Waals surface area contributed by atoms with Crippen LogP contribution in [0.15, 0.2) is 30.9 Å². The lowest BCUT2D eigenvalue weighted by Gasteiger charge is -2.38. The molecule has 0 spiro atoms. The lowest BCUT2D eigenvalue weighted by atomic mass is 9.86. The number of hydrogen-bond acceptors (Lipinski definition) is 5. The first-order valence-corrected chi connectivity index (χ1v) is 7.40. The summed E-state index contributed by atoms with van der Waals surface area (Å²) in [5, 5.41) is 7.51. The Morgan fingerprint density at radius 3 is 2.77 bits per heavy atom. The maximum absolute atomic E-state index is 12.1. The van der Waals surface area contributed by atoms with E-state index in [1.165, 1.54) is 0 Å². The van der Waals surface area contributed by atoms with Crippen molar-refractivity contribution in [2.45, 2.75) is 18.9 Å². The third-order valence-electron chi connectivity index (χ3n) is 4.14. The molecule has 7 nitrogen and oxygen atoms in total. The van der Waals surface area contributed by atoms with Crippen LogP contribution in [0, 0.1) is 5.92 Å². The van der Waals surface area contributed by atoms with E-state index in [0.717, 1.165) is 18.5 Å². The number of carbonyl (C=O) groups excluding carboxylic acids is 1. The third-order valence-corrected chi connectivity index (χ3v) is 4.14. The highest BCUT2D eigenvalue weighted by Crippen LogP contribution is 2.35. The number of nitrogens with one attached hydrogen (secondary N) is 1. The number of hydrogen-bond donors (Lipinski definition) is 1. The van der Waals surface area contributed by atoms with Gasteiger partial charge in [-0.05, 0) is 12.5 Å². The molecule has 1 N–H and O–H groups in total. The van der Waals surface area contributed by atoms with Crippen molar-refractivity contribution >= 4 is 11.9 Å². The van der Waals surface area contributed by atoms with Crippen LogP contribution in [0.2, 0.25) is 0 Å². The molecule has 1 aliphatic heterocycles. The molecule has 2 atom stereocenters. The first-order valence-electron chi connectivity index (χ1n) is 7.40. The summed E-state index contributed by atoms with van der Waals surface area (Å²) >= 11 is 0. The minimum atomic E-state index is 0.0335. The first-order chi connectivity index (χ1) is 10.6. The van der Waals surface area contributed by atoms with Crippen molar-refractivity contribution in [2.24, 2.45) is 13.0 Å². The number of rotatable bonds is 4. The SMILES string of the molecule is CN1C(=O)CC[C@H](CNc2ncccn2)[C@H]1c1cnn(C)c1. The van der Waals surface area contributed by atoms with Crippen LogP contribution in [0.1, 0.15) is 24.4 Å². The smallest absolute Gasteiger partial charge is 0.222 e. The highest BCUT2D eigenvalue weighted by molar-refractivity contribution is 5.77. The Kier molecular flexibility index (Phi) is 4.04. The molecule has 0 aliphatic carbocycles. The highest BCUT2D eigenvalue weighted by atomic mass is 16.2. The summed E-state index contributed by atoms with van der Waals surface area (Å²) in [7, 11) is 3.75. The number of nitrogens with zero attached hydrogens (tertiary/aromatic N) is 5. The van der Waals surface area contributed by atoms with Crippen molar-refractivity contribution < 1.29 is 4.79 Å². The van der Waals surface area contributed by atoms with E-state index >= 15 is 0 Å². The molecule has 0 radical (unpaired) electrons. The normalized spacial score (nSPS) is 21.9. The second-order valence-corrected chi connectivity index (χ2v) is 5.65. The highest BCUT2D eigenvalue weighted by Gasteiger charge is 2.35. The minimum absolute atomic E-state index is 0.0335. The lowest BCUT2D eigenvalue weighted by Crippen LogP contribution is -2.42. The van der Waals surface area contributed by atoms with E-state index in [1.807, 2.05) is 31.4 Å². The van der Waals surface area contributed by atoms with Gasteiger partial charge in [-0.25, -0.2) is 9.97 Å². The zero-order valence-electron chi connectivity index (χ0n) is 12.8. The van der Waals surface area contributed by atoms with Gasteiger partial charge in [-0.1, -0.05) is 0 Å². The molecule has 2 aromatic rings. The zero-order chi connectivity index (χ0) is 15.5. The predicted molar refractivity (Wildman–Crippen MR) is 82.0 cm³/mol. The number of piperidine rings is 1. The Morgan fingerprint density at radius 1 is 1.32 bits per heavy atom. The van der Waals surface area contributed by atoms with Crippen molar-refractivity contribution in [3.63, 3.8) is 0 Å². The molecule has 22 heavy (non-hydrogen) atoms. The van der Waals surface area contributed by atoms with E-state index in [9.17, 15) is 4.79 Å². The summed E-state index contributed by atoms with van der Waals surface area (Å²) in [6.07, 6.45) is 8.67. The van der Waals surface area contributed by atoms with E-state index < -0.39 is 0 Å². The number of carbonyl (C=O) groups is 1. The lowest BCUT2D eigenvalue weighted by molar-refractivity contribution is -0.136. The number of aromatic nitrogens is 4. The van der Waals surface area contributed by atoms with Crippen LogP contribution in [-0.4, -0.2) is 44.1 Å². The van der Waals surface area contributed by atoms with Crippen LogP contribution < -0.4 is 5.32 Å². The van der Waals surface area contributed by atoms with E-state index in [2.05, 4.69) is 20.4 Å². The second-order valence-electron chi connectivity index (χ2n) is 5.65. The fourth-order valence-electron chi connectivity index (χ4n) is 3.03. The molecule has 0 unspecified atom stereocenters.